The highest BCUT2D eigenvalue weighted by molar-refractivity contribution is 7.04. The van der Waals surface area contributed by atoms with E-state index in [4.69, 9.17) is 4.43 Å². The average Bonchev–Trinajstić information content (AvgIpc) is 2.83. The fourth-order valence-electron chi connectivity index (χ4n) is 5.07. The fraction of sp³-hybridized carbons (Fsp3) is 0.103. The zero-order chi connectivity index (χ0) is 22.5. The van der Waals surface area contributed by atoms with E-state index in [1.807, 2.05) is 0 Å². The third-order valence-corrected chi connectivity index (χ3v) is 10.6. The minimum absolute atomic E-state index is 0.903. The van der Waals surface area contributed by atoms with Gasteiger partial charge in [-0.15, -0.1) is 0 Å². The van der Waals surface area contributed by atoms with Gasteiger partial charge in [0.1, 0.15) is 5.75 Å². The number of anilines is 1. The molecule has 2 heterocycles. The Labute approximate surface area is 191 Å². The molecule has 158 valence electrons. The Morgan fingerprint density at radius 2 is 1.44 bits per heavy atom. The number of rotatable bonds is 2. The lowest BCUT2D eigenvalue weighted by Gasteiger charge is -2.49. The van der Waals surface area contributed by atoms with Crippen LogP contribution in [0.3, 0.4) is 0 Å². The van der Waals surface area contributed by atoms with Crippen molar-refractivity contribution in [3.05, 3.63) is 126 Å². The number of nitrogens with zero attached hydrogens (tertiary/aromatic N) is 1. The molecule has 0 N–H and O–H groups in total. The molecule has 0 saturated carbocycles. The first-order valence-electron chi connectivity index (χ1n) is 11.0. The van der Waals surface area contributed by atoms with Crippen molar-refractivity contribution in [2.24, 2.45) is 0 Å². The molecular weight excluding hydrogens is 406 g/mol. The number of allylic oxidation sites excluding steroid dienone is 3. The smallest absolute Gasteiger partial charge is 0.363 e. The van der Waals surface area contributed by atoms with E-state index in [0.29, 0.717) is 0 Å². The highest BCUT2D eigenvalue weighted by atomic mass is 28.4. The molecule has 2 aliphatic rings. The van der Waals surface area contributed by atoms with Gasteiger partial charge in [0.25, 0.3) is 0 Å². The van der Waals surface area contributed by atoms with E-state index in [9.17, 15) is 0 Å². The predicted molar refractivity (Wildman–Crippen MR) is 138 cm³/mol. The fourth-order valence-corrected chi connectivity index (χ4v) is 9.36. The number of hydrogen-bond donors (Lipinski definition) is 0. The van der Waals surface area contributed by atoms with Gasteiger partial charge in [-0.25, -0.2) is 0 Å². The summed E-state index contributed by atoms with van der Waals surface area (Å²) in [5, 5.41) is 3.64. The summed E-state index contributed by atoms with van der Waals surface area (Å²) >= 11 is 0. The monoisotopic (exact) mass is 433 g/mol. The van der Waals surface area contributed by atoms with Crippen molar-refractivity contribution in [3.8, 4) is 5.75 Å². The van der Waals surface area contributed by atoms with Gasteiger partial charge in [0.2, 0.25) is 0 Å². The standard InChI is InChI=1S/C29H27NOSi/c1-6-25-21(4)22(5)30-28-26(25)18-13-19-27(28)31-32(29(30)20(2)3,23-14-9-7-10-15-23)24-16-11-8-12-17-24/h6-19H,4-5H2,1-3H3. The zero-order valence-electron chi connectivity index (χ0n) is 18.9. The van der Waals surface area contributed by atoms with Crippen LogP contribution >= 0.6 is 0 Å². The first-order chi connectivity index (χ1) is 15.5. The van der Waals surface area contributed by atoms with Crippen molar-refractivity contribution in [1.82, 2.24) is 0 Å². The summed E-state index contributed by atoms with van der Waals surface area (Å²) in [5.41, 5.74) is 6.44. The van der Waals surface area contributed by atoms with Crippen molar-refractivity contribution in [2.75, 3.05) is 4.90 Å². The molecule has 32 heavy (non-hydrogen) atoms. The molecule has 3 aromatic carbocycles. The summed E-state index contributed by atoms with van der Waals surface area (Å²) in [6, 6.07) is 27.7. The molecule has 0 amide bonds. The number of hydrogen-bond acceptors (Lipinski definition) is 2. The largest absolute Gasteiger partial charge is 0.528 e. The molecular formula is C29H27NOSi. The van der Waals surface area contributed by atoms with Gasteiger partial charge in [-0.3, -0.25) is 0 Å². The van der Waals surface area contributed by atoms with Crippen LogP contribution in [0.15, 0.2) is 120 Å². The minimum Gasteiger partial charge on any atom is -0.528 e. The Morgan fingerprint density at radius 1 is 0.844 bits per heavy atom. The van der Waals surface area contributed by atoms with Crippen molar-refractivity contribution in [2.45, 2.75) is 20.8 Å². The first-order valence-corrected chi connectivity index (χ1v) is 12.9. The van der Waals surface area contributed by atoms with Crippen molar-refractivity contribution >= 4 is 30.0 Å². The third-order valence-electron chi connectivity index (χ3n) is 6.40. The van der Waals surface area contributed by atoms with Crippen LogP contribution in [0.1, 0.15) is 26.3 Å². The van der Waals surface area contributed by atoms with Crippen LogP contribution < -0.4 is 19.7 Å². The van der Waals surface area contributed by atoms with E-state index in [1.165, 1.54) is 21.3 Å². The van der Waals surface area contributed by atoms with Gasteiger partial charge in [-0.2, -0.15) is 0 Å². The van der Waals surface area contributed by atoms with Crippen molar-refractivity contribution < 1.29 is 4.43 Å². The highest BCUT2D eigenvalue weighted by Gasteiger charge is 2.54. The molecule has 0 spiro atoms. The second kappa shape index (κ2) is 7.54. The lowest BCUT2D eigenvalue weighted by molar-refractivity contribution is 0.557. The maximum Gasteiger partial charge on any atom is 0.363 e. The zero-order valence-corrected chi connectivity index (χ0v) is 19.9. The first kappa shape index (κ1) is 20.3. The second-order valence-corrected chi connectivity index (χ2v) is 11.7. The number of para-hydroxylation sites is 1. The van der Waals surface area contributed by atoms with Crippen LogP contribution in [0, 0.1) is 0 Å². The molecule has 0 aliphatic carbocycles. The summed E-state index contributed by atoms with van der Waals surface area (Å²) in [5.74, 6) is 0.903. The topological polar surface area (TPSA) is 12.5 Å². The van der Waals surface area contributed by atoms with Gasteiger partial charge in [-0.1, -0.05) is 97.6 Å². The van der Waals surface area contributed by atoms with E-state index < -0.39 is 8.32 Å². The Bertz CT molecular complexity index is 1260. The lowest BCUT2D eigenvalue weighted by atomic mass is 9.89. The molecule has 3 heteroatoms. The van der Waals surface area contributed by atoms with E-state index >= 15 is 0 Å². The summed E-state index contributed by atoms with van der Waals surface area (Å²) in [4.78, 5) is 2.34. The van der Waals surface area contributed by atoms with E-state index in [-0.39, 0.29) is 0 Å². The molecule has 0 fully saturated rings. The molecule has 0 bridgehead atoms. The molecule has 2 nitrogen and oxygen atoms in total. The summed E-state index contributed by atoms with van der Waals surface area (Å²) in [7, 11) is -2.87. The molecule has 5 rings (SSSR count). The van der Waals surface area contributed by atoms with Crippen LogP contribution in [0.25, 0.3) is 5.57 Å². The molecule has 0 unspecified atom stereocenters. The average molecular weight is 434 g/mol. The predicted octanol–water partition coefficient (Wildman–Crippen LogP) is 5.97. The lowest BCUT2D eigenvalue weighted by Crippen LogP contribution is -2.70. The van der Waals surface area contributed by atoms with E-state index in [2.05, 4.69) is 124 Å². The molecule has 2 aliphatic heterocycles. The normalized spacial score (nSPS) is 17.8. The molecule has 0 saturated heterocycles. The van der Waals surface area contributed by atoms with Crippen LogP contribution in [-0.4, -0.2) is 8.32 Å². The minimum atomic E-state index is -2.87. The Balaban J connectivity index is 1.94. The van der Waals surface area contributed by atoms with Crippen LogP contribution in [0.5, 0.6) is 5.75 Å². The summed E-state index contributed by atoms with van der Waals surface area (Å²) in [6.07, 6.45) is 2.12. The Morgan fingerprint density at radius 3 is 1.97 bits per heavy atom. The Kier molecular flexibility index (Phi) is 4.79. The van der Waals surface area contributed by atoms with Crippen molar-refractivity contribution in [3.63, 3.8) is 0 Å². The van der Waals surface area contributed by atoms with Gasteiger partial charge < -0.3 is 9.33 Å². The summed E-state index contributed by atoms with van der Waals surface area (Å²) < 4.78 is 7.23. The second-order valence-electron chi connectivity index (χ2n) is 8.48. The van der Waals surface area contributed by atoms with Gasteiger partial charge in [0, 0.05) is 11.3 Å². The van der Waals surface area contributed by atoms with Crippen LogP contribution in [-0.2, 0) is 0 Å². The van der Waals surface area contributed by atoms with E-state index in [1.54, 1.807) is 0 Å². The SMILES string of the molecule is C=C1C(=C)N2C(=C(C)C)[Si](c3ccccc3)(c3ccccc3)Oc3cccc(c32)C1=CC. The molecule has 3 aromatic rings. The quantitative estimate of drug-likeness (QED) is 0.462. The molecule has 0 radical (unpaired) electrons. The summed E-state index contributed by atoms with van der Waals surface area (Å²) in [6.45, 7) is 15.4. The van der Waals surface area contributed by atoms with Gasteiger partial charge in [0.05, 0.1) is 11.0 Å². The van der Waals surface area contributed by atoms with Gasteiger partial charge in [-0.05, 0) is 48.4 Å². The highest BCUT2D eigenvalue weighted by Crippen LogP contribution is 2.53. The van der Waals surface area contributed by atoms with Gasteiger partial charge in [0.15, 0.2) is 0 Å². The van der Waals surface area contributed by atoms with Crippen LogP contribution in [0.4, 0.5) is 5.69 Å². The number of benzene rings is 3. The van der Waals surface area contributed by atoms with Crippen molar-refractivity contribution in [1.29, 1.82) is 0 Å². The van der Waals surface area contributed by atoms with Crippen LogP contribution in [0.2, 0.25) is 0 Å². The maximum absolute atomic E-state index is 7.23. The molecule has 0 aromatic heterocycles. The maximum atomic E-state index is 7.23. The van der Waals surface area contributed by atoms with E-state index in [0.717, 1.165) is 33.8 Å². The molecule has 0 atom stereocenters. The van der Waals surface area contributed by atoms with Gasteiger partial charge >= 0.3 is 8.32 Å². The third kappa shape index (κ3) is 2.71. The Hall–Kier alpha value is -3.56.